The fourth-order valence-electron chi connectivity index (χ4n) is 1.06. The molecule has 0 bridgehead atoms. The molecule has 0 radical (unpaired) electrons. The van der Waals surface area contributed by atoms with Gasteiger partial charge in [-0.05, 0) is 18.6 Å². The molecular weight excluding hydrogens is 170 g/mol. The lowest BCUT2D eigenvalue weighted by molar-refractivity contribution is -0.137. The van der Waals surface area contributed by atoms with Crippen LogP contribution in [0.2, 0.25) is 0 Å². The molecule has 13 heavy (non-hydrogen) atoms. The summed E-state index contributed by atoms with van der Waals surface area (Å²) in [6, 6.07) is 0. The zero-order chi connectivity index (χ0) is 9.68. The molecule has 0 saturated carbocycles. The SMILES string of the molecule is NC1C=CC=NN1CCCC(=O)O. The van der Waals surface area contributed by atoms with Gasteiger partial charge in [0, 0.05) is 19.2 Å². The van der Waals surface area contributed by atoms with Gasteiger partial charge in [0.1, 0.15) is 6.17 Å². The quantitative estimate of drug-likeness (QED) is 0.642. The van der Waals surface area contributed by atoms with E-state index in [2.05, 4.69) is 5.10 Å². The summed E-state index contributed by atoms with van der Waals surface area (Å²) >= 11 is 0. The minimum Gasteiger partial charge on any atom is -0.481 e. The number of hydrogen-bond donors (Lipinski definition) is 2. The summed E-state index contributed by atoms with van der Waals surface area (Å²) in [7, 11) is 0. The Hall–Kier alpha value is -1.36. The van der Waals surface area contributed by atoms with E-state index in [0.29, 0.717) is 13.0 Å². The van der Waals surface area contributed by atoms with Crippen LogP contribution in [0.15, 0.2) is 17.3 Å². The Morgan fingerprint density at radius 1 is 1.69 bits per heavy atom. The molecule has 0 aromatic rings. The molecule has 0 fully saturated rings. The minimum absolute atomic E-state index is 0.155. The van der Waals surface area contributed by atoms with E-state index in [1.54, 1.807) is 17.3 Å². The molecule has 0 amide bonds. The van der Waals surface area contributed by atoms with E-state index < -0.39 is 5.97 Å². The van der Waals surface area contributed by atoms with Crippen LogP contribution in [-0.4, -0.2) is 35.0 Å². The average Bonchev–Trinajstić information content (AvgIpc) is 2.08. The third-order valence-electron chi connectivity index (χ3n) is 1.73. The van der Waals surface area contributed by atoms with Gasteiger partial charge < -0.3 is 10.8 Å². The van der Waals surface area contributed by atoms with E-state index in [0.717, 1.165) is 0 Å². The van der Waals surface area contributed by atoms with Crippen LogP contribution in [-0.2, 0) is 4.79 Å². The van der Waals surface area contributed by atoms with Crippen molar-refractivity contribution in [2.45, 2.75) is 19.0 Å². The van der Waals surface area contributed by atoms with Crippen molar-refractivity contribution in [1.29, 1.82) is 0 Å². The van der Waals surface area contributed by atoms with E-state index in [9.17, 15) is 4.79 Å². The van der Waals surface area contributed by atoms with E-state index in [1.165, 1.54) is 0 Å². The number of allylic oxidation sites excluding steroid dienone is 1. The van der Waals surface area contributed by atoms with Gasteiger partial charge in [-0.2, -0.15) is 5.10 Å². The Kier molecular flexibility index (Phi) is 3.45. The lowest BCUT2D eigenvalue weighted by Crippen LogP contribution is -2.38. The van der Waals surface area contributed by atoms with Gasteiger partial charge in [0.15, 0.2) is 0 Å². The topological polar surface area (TPSA) is 78.9 Å². The Morgan fingerprint density at radius 2 is 2.46 bits per heavy atom. The fourth-order valence-corrected chi connectivity index (χ4v) is 1.06. The lowest BCUT2D eigenvalue weighted by Gasteiger charge is -2.25. The number of hydrogen-bond acceptors (Lipinski definition) is 4. The molecule has 0 saturated heterocycles. The summed E-state index contributed by atoms with van der Waals surface area (Å²) in [5, 5.41) is 14.1. The van der Waals surface area contributed by atoms with Gasteiger partial charge >= 0.3 is 5.97 Å². The van der Waals surface area contributed by atoms with E-state index in [-0.39, 0.29) is 12.6 Å². The number of rotatable bonds is 4. The summed E-state index contributed by atoms with van der Waals surface area (Å²) in [6.07, 6.45) is 5.73. The predicted octanol–water partition coefficient (Wildman–Crippen LogP) is -0.00640. The third-order valence-corrected chi connectivity index (χ3v) is 1.73. The van der Waals surface area contributed by atoms with Gasteiger partial charge in [0.25, 0.3) is 0 Å². The van der Waals surface area contributed by atoms with E-state index >= 15 is 0 Å². The van der Waals surface area contributed by atoms with Gasteiger partial charge in [0.05, 0.1) is 0 Å². The average molecular weight is 183 g/mol. The van der Waals surface area contributed by atoms with Gasteiger partial charge in [-0.1, -0.05) is 0 Å². The number of aliphatic carboxylic acids is 1. The smallest absolute Gasteiger partial charge is 0.303 e. The second kappa shape index (κ2) is 4.61. The molecule has 0 aromatic carbocycles. The lowest BCUT2D eigenvalue weighted by atomic mass is 10.3. The highest BCUT2D eigenvalue weighted by Gasteiger charge is 2.10. The monoisotopic (exact) mass is 183 g/mol. The normalized spacial score (nSPS) is 20.7. The highest BCUT2D eigenvalue weighted by atomic mass is 16.4. The number of nitrogens with zero attached hydrogens (tertiary/aromatic N) is 2. The van der Waals surface area contributed by atoms with Crippen LogP contribution >= 0.6 is 0 Å². The number of nitrogens with two attached hydrogens (primary N) is 1. The summed E-state index contributed by atoms with van der Waals surface area (Å²) in [6.45, 7) is 0.578. The van der Waals surface area contributed by atoms with Crippen LogP contribution in [0.1, 0.15) is 12.8 Å². The maximum Gasteiger partial charge on any atom is 0.303 e. The molecule has 0 aliphatic carbocycles. The molecule has 1 aliphatic rings. The van der Waals surface area contributed by atoms with Crippen molar-refractivity contribution in [3.63, 3.8) is 0 Å². The summed E-state index contributed by atoms with van der Waals surface area (Å²) in [4.78, 5) is 10.2. The van der Waals surface area contributed by atoms with Crippen molar-refractivity contribution in [1.82, 2.24) is 5.01 Å². The first-order valence-electron chi connectivity index (χ1n) is 4.15. The maximum atomic E-state index is 10.2. The fraction of sp³-hybridized carbons (Fsp3) is 0.500. The van der Waals surface area contributed by atoms with Crippen LogP contribution in [0, 0.1) is 0 Å². The van der Waals surface area contributed by atoms with E-state index in [4.69, 9.17) is 10.8 Å². The molecular formula is C8H13N3O2. The van der Waals surface area contributed by atoms with Crippen molar-refractivity contribution in [3.05, 3.63) is 12.2 Å². The zero-order valence-corrected chi connectivity index (χ0v) is 7.26. The summed E-state index contributed by atoms with van der Waals surface area (Å²) < 4.78 is 0. The number of hydrazone groups is 1. The van der Waals surface area contributed by atoms with Crippen molar-refractivity contribution in [3.8, 4) is 0 Å². The van der Waals surface area contributed by atoms with Crippen LogP contribution in [0.4, 0.5) is 0 Å². The first kappa shape index (κ1) is 9.73. The standard InChI is InChI=1S/C8H13N3O2/c9-7-3-1-5-10-11(7)6-2-4-8(12)13/h1,3,5,7H,2,4,6,9H2,(H,12,13). The molecule has 1 rings (SSSR count). The molecule has 72 valence electrons. The van der Waals surface area contributed by atoms with E-state index in [1.807, 2.05) is 6.08 Å². The summed E-state index contributed by atoms with van der Waals surface area (Å²) in [5.74, 6) is -0.787. The Morgan fingerprint density at radius 3 is 3.08 bits per heavy atom. The van der Waals surface area contributed by atoms with Crippen LogP contribution < -0.4 is 5.73 Å². The molecule has 0 aromatic heterocycles. The van der Waals surface area contributed by atoms with Crippen molar-refractivity contribution < 1.29 is 9.90 Å². The zero-order valence-electron chi connectivity index (χ0n) is 7.26. The Balaban J connectivity index is 2.25. The Labute approximate surface area is 76.5 Å². The second-order valence-corrected chi connectivity index (χ2v) is 2.80. The highest BCUT2D eigenvalue weighted by Crippen LogP contribution is 2.03. The molecule has 5 heteroatoms. The number of carboxylic acids is 1. The first-order chi connectivity index (χ1) is 6.20. The molecule has 1 unspecified atom stereocenters. The molecule has 1 aliphatic heterocycles. The second-order valence-electron chi connectivity index (χ2n) is 2.80. The predicted molar refractivity (Wildman–Crippen MR) is 49.2 cm³/mol. The Bertz CT molecular complexity index is 238. The van der Waals surface area contributed by atoms with Crippen molar-refractivity contribution in [2.24, 2.45) is 10.8 Å². The number of carbonyl (C=O) groups is 1. The number of carboxylic acid groups (broad SMARTS) is 1. The third kappa shape index (κ3) is 3.25. The van der Waals surface area contributed by atoms with Crippen LogP contribution in [0.5, 0.6) is 0 Å². The molecule has 5 nitrogen and oxygen atoms in total. The molecule has 1 atom stereocenters. The molecule has 1 heterocycles. The van der Waals surface area contributed by atoms with Gasteiger partial charge in [-0.15, -0.1) is 0 Å². The van der Waals surface area contributed by atoms with Crippen LogP contribution in [0.25, 0.3) is 0 Å². The van der Waals surface area contributed by atoms with Crippen molar-refractivity contribution >= 4 is 12.2 Å². The van der Waals surface area contributed by atoms with Gasteiger partial charge in [-0.25, -0.2) is 0 Å². The highest BCUT2D eigenvalue weighted by molar-refractivity contribution is 5.71. The maximum absolute atomic E-state index is 10.2. The van der Waals surface area contributed by atoms with Crippen molar-refractivity contribution in [2.75, 3.05) is 6.54 Å². The van der Waals surface area contributed by atoms with Gasteiger partial charge in [0.2, 0.25) is 0 Å². The first-order valence-corrected chi connectivity index (χ1v) is 4.15. The molecule has 3 N–H and O–H groups in total. The molecule has 0 spiro atoms. The summed E-state index contributed by atoms with van der Waals surface area (Å²) in [5.41, 5.74) is 5.67. The van der Waals surface area contributed by atoms with Gasteiger partial charge in [-0.3, -0.25) is 9.80 Å². The largest absolute Gasteiger partial charge is 0.481 e. The minimum atomic E-state index is -0.787. The van der Waals surface area contributed by atoms with Crippen LogP contribution in [0.3, 0.4) is 0 Å².